The Morgan fingerprint density at radius 3 is 2.82 bits per heavy atom. The van der Waals surface area contributed by atoms with Crippen LogP contribution >= 0.6 is 0 Å². The molecule has 1 aliphatic rings. The van der Waals surface area contributed by atoms with E-state index in [-0.39, 0.29) is 17.5 Å². The van der Waals surface area contributed by atoms with Gasteiger partial charge >= 0.3 is 0 Å². The number of hydrogen-bond acceptors (Lipinski definition) is 5. The number of nitrogens with zero attached hydrogens (tertiary/aromatic N) is 4. The number of hydrogen-bond donors (Lipinski definition) is 1. The van der Waals surface area contributed by atoms with Gasteiger partial charge in [-0.15, -0.1) is 0 Å². The molecule has 1 fully saturated rings. The highest BCUT2D eigenvalue weighted by Gasteiger charge is 2.25. The van der Waals surface area contributed by atoms with E-state index in [9.17, 15) is 10.1 Å². The number of likely N-dealkylation sites (N-methyl/N-ethyl adjacent to an activating group) is 1. The minimum atomic E-state index is -0.250. The molecule has 1 N–H and O–H groups in total. The number of carbonyl (C=O) groups is 1. The lowest BCUT2D eigenvalue weighted by Gasteiger charge is -2.34. The Labute approximate surface area is 131 Å². The van der Waals surface area contributed by atoms with Crippen LogP contribution < -0.4 is 5.32 Å². The normalized spacial score (nSPS) is 16.9. The van der Waals surface area contributed by atoms with Crippen LogP contribution in [-0.4, -0.2) is 53.9 Å². The summed E-state index contributed by atoms with van der Waals surface area (Å²) >= 11 is 0. The molecule has 0 atom stereocenters. The number of nitrogens with one attached hydrogen (secondary N) is 1. The molecule has 2 rings (SSSR count). The zero-order chi connectivity index (χ0) is 15.9. The van der Waals surface area contributed by atoms with Gasteiger partial charge < -0.3 is 15.1 Å². The predicted octanol–water partition coefficient (Wildman–Crippen LogP) is 1.45. The fourth-order valence-electron chi connectivity index (χ4n) is 2.47. The molecule has 1 amide bonds. The Morgan fingerprint density at radius 2 is 2.23 bits per heavy atom. The third kappa shape index (κ3) is 4.06. The van der Waals surface area contributed by atoms with Crippen molar-refractivity contribution in [2.24, 2.45) is 0 Å². The van der Waals surface area contributed by atoms with Gasteiger partial charge in [-0.3, -0.25) is 4.79 Å². The molecule has 2 heterocycles. The molecule has 0 bridgehead atoms. The van der Waals surface area contributed by atoms with Gasteiger partial charge in [0.1, 0.15) is 17.5 Å². The molecule has 0 radical (unpaired) electrons. The summed E-state index contributed by atoms with van der Waals surface area (Å²) in [4.78, 5) is 20.5. The molecule has 0 aromatic carbocycles. The summed E-state index contributed by atoms with van der Waals surface area (Å²) in [6.07, 6.45) is 4.95. The van der Waals surface area contributed by atoms with Gasteiger partial charge in [0, 0.05) is 25.5 Å². The van der Waals surface area contributed by atoms with E-state index in [0.717, 1.165) is 25.9 Å². The summed E-state index contributed by atoms with van der Waals surface area (Å²) in [6, 6.07) is 7.57. The molecule has 1 aliphatic heterocycles. The summed E-state index contributed by atoms with van der Waals surface area (Å²) in [7, 11) is 3.85. The van der Waals surface area contributed by atoms with Crippen molar-refractivity contribution < 1.29 is 4.79 Å². The zero-order valence-corrected chi connectivity index (χ0v) is 13.0. The predicted molar refractivity (Wildman–Crippen MR) is 84.8 cm³/mol. The summed E-state index contributed by atoms with van der Waals surface area (Å²) in [5.41, 5.74) is 0.0899. The Morgan fingerprint density at radius 1 is 1.50 bits per heavy atom. The summed E-state index contributed by atoms with van der Waals surface area (Å²) in [6.45, 7) is 1.94. The minimum Gasteiger partial charge on any atom is -0.345 e. The van der Waals surface area contributed by atoms with Crippen LogP contribution in [0.5, 0.6) is 0 Å². The topological polar surface area (TPSA) is 72.3 Å². The molecule has 6 heteroatoms. The van der Waals surface area contributed by atoms with E-state index in [0.29, 0.717) is 5.82 Å². The maximum absolute atomic E-state index is 12.4. The Balaban J connectivity index is 2.00. The maximum atomic E-state index is 12.4. The zero-order valence-electron chi connectivity index (χ0n) is 13.0. The number of pyridine rings is 1. The first kappa shape index (κ1) is 16.0. The van der Waals surface area contributed by atoms with Gasteiger partial charge in [-0.1, -0.05) is 6.07 Å². The molecule has 0 saturated carbocycles. The molecular weight excluding hydrogens is 278 g/mol. The van der Waals surface area contributed by atoms with E-state index in [1.54, 1.807) is 30.3 Å². The number of anilines is 1. The average molecular weight is 299 g/mol. The van der Waals surface area contributed by atoms with Crippen molar-refractivity contribution in [2.45, 2.75) is 18.9 Å². The fraction of sp³-hybridized carbons (Fsp3) is 0.438. The number of carbonyl (C=O) groups excluding carboxylic acids is 1. The lowest BCUT2D eigenvalue weighted by Crippen LogP contribution is -2.44. The average Bonchev–Trinajstić information content (AvgIpc) is 2.56. The van der Waals surface area contributed by atoms with Crippen molar-refractivity contribution in [1.29, 1.82) is 5.26 Å². The molecule has 1 aromatic rings. The van der Waals surface area contributed by atoms with Crippen molar-refractivity contribution in [2.75, 3.05) is 32.5 Å². The second-order valence-corrected chi connectivity index (χ2v) is 5.48. The quantitative estimate of drug-likeness (QED) is 0.673. The van der Waals surface area contributed by atoms with Gasteiger partial charge in [0.05, 0.1) is 0 Å². The SMILES string of the molecule is CN1CCC(N(C)C(=O)/C(C#N)=C\Nc2ccccn2)CC1. The molecular formula is C16H21N5O. The lowest BCUT2D eigenvalue weighted by atomic mass is 10.0. The standard InChI is InChI=1S/C16H21N5O/c1-20-9-6-14(7-10-20)21(2)16(22)13(11-17)12-19-15-5-3-4-8-18-15/h3-5,8,12,14H,6-7,9-10H2,1-2H3,(H,18,19)/b13-12-. The second kappa shape index (κ2) is 7.57. The molecule has 1 aromatic heterocycles. The van der Waals surface area contributed by atoms with Gasteiger partial charge in [0.2, 0.25) is 0 Å². The lowest BCUT2D eigenvalue weighted by molar-refractivity contribution is -0.128. The smallest absolute Gasteiger partial charge is 0.266 e. The van der Waals surface area contributed by atoms with E-state index >= 15 is 0 Å². The summed E-state index contributed by atoms with van der Waals surface area (Å²) in [5.74, 6) is 0.352. The molecule has 22 heavy (non-hydrogen) atoms. The third-order valence-electron chi connectivity index (χ3n) is 3.94. The van der Waals surface area contributed by atoms with Crippen LogP contribution in [0.15, 0.2) is 36.2 Å². The largest absolute Gasteiger partial charge is 0.345 e. The van der Waals surface area contributed by atoms with Gasteiger partial charge in [0.15, 0.2) is 0 Å². The highest BCUT2D eigenvalue weighted by atomic mass is 16.2. The molecule has 6 nitrogen and oxygen atoms in total. The number of amides is 1. The summed E-state index contributed by atoms with van der Waals surface area (Å²) < 4.78 is 0. The number of aromatic nitrogens is 1. The number of likely N-dealkylation sites (tertiary alicyclic amines) is 1. The first-order valence-electron chi connectivity index (χ1n) is 7.35. The van der Waals surface area contributed by atoms with Crippen molar-refractivity contribution in [3.8, 4) is 6.07 Å². The van der Waals surface area contributed by atoms with Crippen LogP contribution in [0.2, 0.25) is 0 Å². The van der Waals surface area contributed by atoms with E-state index in [4.69, 9.17) is 0 Å². The van der Waals surface area contributed by atoms with Crippen LogP contribution in [0.4, 0.5) is 5.82 Å². The third-order valence-corrected chi connectivity index (χ3v) is 3.94. The number of piperidine rings is 1. The van der Waals surface area contributed by atoms with E-state index in [2.05, 4.69) is 22.2 Å². The fourth-order valence-corrected chi connectivity index (χ4v) is 2.47. The Hall–Kier alpha value is -2.39. The van der Waals surface area contributed by atoms with E-state index in [1.807, 2.05) is 12.1 Å². The highest BCUT2D eigenvalue weighted by Crippen LogP contribution is 2.16. The molecule has 0 spiro atoms. The van der Waals surface area contributed by atoms with Crippen LogP contribution in [0.25, 0.3) is 0 Å². The molecule has 0 unspecified atom stereocenters. The van der Waals surface area contributed by atoms with Crippen LogP contribution in [0.3, 0.4) is 0 Å². The van der Waals surface area contributed by atoms with E-state index in [1.165, 1.54) is 6.20 Å². The van der Waals surface area contributed by atoms with Crippen LogP contribution in [0, 0.1) is 11.3 Å². The van der Waals surface area contributed by atoms with E-state index < -0.39 is 0 Å². The summed E-state index contributed by atoms with van der Waals surface area (Å²) in [5, 5.41) is 12.1. The Kier molecular flexibility index (Phi) is 5.50. The Bertz CT molecular complexity index is 570. The van der Waals surface area contributed by atoms with Gasteiger partial charge in [-0.2, -0.15) is 5.26 Å². The highest BCUT2D eigenvalue weighted by molar-refractivity contribution is 5.97. The van der Waals surface area contributed by atoms with Crippen molar-refractivity contribution >= 4 is 11.7 Å². The van der Waals surface area contributed by atoms with Gasteiger partial charge in [-0.05, 0) is 45.1 Å². The second-order valence-electron chi connectivity index (χ2n) is 5.48. The van der Waals surface area contributed by atoms with Crippen molar-refractivity contribution in [3.05, 3.63) is 36.2 Å². The first-order valence-corrected chi connectivity index (χ1v) is 7.35. The first-order chi connectivity index (χ1) is 10.6. The molecule has 1 saturated heterocycles. The molecule has 116 valence electrons. The minimum absolute atomic E-state index is 0.0899. The van der Waals surface area contributed by atoms with Crippen LogP contribution in [0.1, 0.15) is 12.8 Å². The van der Waals surface area contributed by atoms with Crippen molar-refractivity contribution in [1.82, 2.24) is 14.8 Å². The maximum Gasteiger partial charge on any atom is 0.266 e. The van der Waals surface area contributed by atoms with Gasteiger partial charge in [-0.25, -0.2) is 4.98 Å². The monoisotopic (exact) mass is 299 g/mol. The van der Waals surface area contributed by atoms with Crippen LogP contribution in [-0.2, 0) is 4.79 Å². The van der Waals surface area contributed by atoms with Crippen molar-refractivity contribution in [3.63, 3.8) is 0 Å². The van der Waals surface area contributed by atoms with Gasteiger partial charge in [0.25, 0.3) is 5.91 Å². The number of nitriles is 1. The molecule has 0 aliphatic carbocycles. The number of rotatable bonds is 4.